The van der Waals surface area contributed by atoms with Gasteiger partial charge in [-0.3, -0.25) is 10.6 Å². The lowest BCUT2D eigenvalue weighted by atomic mass is 10.1. The molecular weight excluding hydrogens is 194 g/mol. The van der Waals surface area contributed by atoms with E-state index in [2.05, 4.69) is 0 Å². The molecule has 0 radical (unpaired) electrons. The van der Waals surface area contributed by atoms with Crippen molar-refractivity contribution in [3.05, 3.63) is 0 Å². The van der Waals surface area contributed by atoms with Crippen LogP contribution in [0.2, 0.25) is 0 Å². The second-order valence-corrected chi connectivity index (χ2v) is 4.38. The second kappa shape index (κ2) is 4.47. The van der Waals surface area contributed by atoms with Gasteiger partial charge in [0.2, 0.25) is 0 Å². The zero-order valence-electron chi connectivity index (χ0n) is 9.19. The molecule has 0 unspecified atom stereocenters. The summed E-state index contributed by atoms with van der Waals surface area (Å²) >= 11 is 0. The predicted molar refractivity (Wildman–Crippen MR) is 55.9 cm³/mol. The van der Waals surface area contributed by atoms with Crippen molar-refractivity contribution in [1.29, 1.82) is 0 Å². The van der Waals surface area contributed by atoms with Crippen LogP contribution in [0.25, 0.3) is 0 Å². The molecule has 2 aliphatic rings. The molecule has 15 heavy (non-hydrogen) atoms. The van der Waals surface area contributed by atoms with Gasteiger partial charge in [0, 0.05) is 32.3 Å². The first kappa shape index (κ1) is 10.9. The van der Waals surface area contributed by atoms with E-state index in [1.807, 2.05) is 11.8 Å². The Bertz CT molecular complexity index is 241. The smallest absolute Gasteiger partial charge is 0.252 e. The minimum absolute atomic E-state index is 0.146. The van der Waals surface area contributed by atoms with Crippen molar-refractivity contribution in [3.8, 4) is 0 Å². The Morgan fingerprint density at radius 2 is 2.27 bits per heavy atom. The quantitative estimate of drug-likeness (QED) is 0.601. The number of hydrogen-bond donors (Lipinski definition) is 1. The summed E-state index contributed by atoms with van der Waals surface area (Å²) in [5.74, 6) is 5.85. The molecular formula is C10H19N3O2. The van der Waals surface area contributed by atoms with Crippen molar-refractivity contribution < 1.29 is 9.53 Å². The number of rotatable bonds is 1. The van der Waals surface area contributed by atoms with Crippen LogP contribution in [0.15, 0.2) is 0 Å². The van der Waals surface area contributed by atoms with Crippen LogP contribution in [0.4, 0.5) is 0 Å². The highest BCUT2D eigenvalue weighted by Gasteiger charge is 2.33. The fourth-order valence-electron chi connectivity index (χ4n) is 2.27. The summed E-state index contributed by atoms with van der Waals surface area (Å²) in [7, 11) is 0. The van der Waals surface area contributed by atoms with Gasteiger partial charge in [0.05, 0.1) is 0 Å². The fraction of sp³-hybridized carbons (Fsp3) is 0.900. The van der Waals surface area contributed by atoms with E-state index in [1.54, 1.807) is 5.01 Å². The van der Waals surface area contributed by atoms with E-state index in [4.69, 9.17) is 10.6 Å². The van der Waals surface area contributed by atoms with Crippen LogP contribution in [0, 0.1) is 0 Å². The molecule has 2 aliphatic heterocycles. The maximum Gasteiger partial charge on any atom is 0.252 e. The molecule has 2 rings (SSSR count). The van der Waals surface area contributed by atoms with E-state index < -0.39 is 0 Å². The van der Waals surface area contributed by atoms with Gasteiger partial charge in [0.15, 0.2) is 0 Å². The Morgan fingerprint density at radius 3 is 2.87 bits per heavy atom. The van der Waals surface area contributed by atoms with Gasteiger partial charge in [0.1, 0.15) is 6.10 Å². The Balaban J connectivity index is 1.94. The van der Waals surface area contributed by atoms with E-state index in [0.29, 0.717) is 0 Å². The molecule has 2 N–H and O–H groups in total. The van der Waals surface area contributed by atoms with Gasteiger partial charge in [-0.25, -0.2) is 5.01 Å². The van der Waals surface area contributed by atoms with Gasteiger partial charge >= 0.3 is 0 Å². The highest BCUT2D eigenvalue weighted by molar-refractivity contribution is 5.81. The van der Waals surface area contributed by atoms with Gasteiger partial charge in [0.25, 0.3) is 5.91 Å². The number of hydrazine groups is 1. The molecule has 0 aromatic carbocycles. The molecule has 5 nitrogen and oxygen atoms in total. The van der Waals surface area contributed by atoms with E-state index in [9.17, 15) is 4.79 Å². The molecule has 0 aromatic heterocycles. The fourth-order valence-corrected chi connectivity index (χ4v) is 2.27. The molecule has 0 spiro atoms. The average molecular weight is 213 g/mol. The zero-order chi connectivity index (χ0) is 10.8. The van der Waals surface area contributed by atoms with Crippen molar-refractivity contribution in [3.63, 3.8) is 0 Å². The zero-order valence-corrected chi connectivity index (χ0v) is 9.19. The van der Waals surface area contributed by atoms with Gasteiger partial charge in [-0.15, -0.1) is 0 Å². The lowest BCUT2D eigenvalue weighted by molar-refractivity contribution is -0.145. The Labute approximate surface area is 90.1 Å². The van der Waals surface area contributed by atoms with E-state index in [-0.39, 0.29) is 18.1 Å². The van der Waals surface area contributed by atoms with Crippen LogP contribution in [0.3, 0.4) is 0 Å². The maximum absolute atomic E-state index is 12.1. The van der Waals surface area contributed by atoms with Crippen molar-refractivity contribution in [2.45, 2.75) is 31.9 Å². The minimum Gasteiger partial charge on any atom is -0.368 e. The molecule has 2 fully saturated rings. The lowest BCUT2D eigenvalue weighted by Gasteiger charge is -2.38. The third kappa shape index (κ3) is 2.30. The summed E-state index contributed by atoms with van der Waals surface area (Å²) in [6, 6.07) is 0.195. The van der Waals surface area contributed by atoms with Crippen molar-refractivity contribution in [2.75, 3.05) is 26.2 Å². The number of nitrogens with zero attached hydrogens (tertiary/aromatic N) is 2. The highest BCUT2D eigenvalue weighted by Crippen LogP contribution is 2.17. The number of nitrogens with two attached hydrogens (primary N) is 1. The van der Waals surface area contributed by atoms with Crippen molar-refractivity contribution in [1.82, 2.24) is 9.91 Å². The summed E-state index contributed by atoms with van der Waals surface area (Å²) < 4.78 is 5.41. The minimum atomic E-state index is -0.197. The maximum atomic E-state index is 12.1. The number of carbonyl (C=O) groups is 1. The monoisotopic (exact) mass is 213 g/mol. The molecule has 86 valence electrons. The molecule has 2 atom stereocenters. The number of piperazine rings is 1. The summed E-state index contributed by atoms with van der Waals surface area (Å²) in [5.41, 5.74) is 0. The van der Waals surface area contributed by atoms with Crippen LogP contribution in [-0.4, -0.2) is 54.2 Å². The van der Waals surface area contributed by atoms with Crippen LogP contribution >= 0.6 is 0 Å². The SMILES string of the molecule is C[C@H]1CN(N)CCN1C(=O)[C@@H]1CCCO1. The summed E-state index contributed by atoms with van der Waals surface area (Å²) in [6.07, 6.45) is 1.67. The summed E-state index contributed by atoms with van der Waals surface area (Å²) in [4.78, 5) is 14.0. The van der Waals surface area contributed by atoms with Crippen molar-refractivity contribution in [2.24, 2.45) is 5.84 Å². The summed E-state index contributed by atoms with van der Waals surface area (Å²) in [6.45, 7) is 4.98. The third-order valence-corrected chi connectivity index (χ3v) is 3.15. The number of ether oxygens (including phenoxy) is 1. The first-order valence-electron chi connectivity index (χ1n) is 5.60. The topological polar surface area (TPSA) is 58.8 Å². The molecule has 0 aromatic rings. The van der Waals surface area contributed by atoms with Crippen LogP contribution in [0.1, 0.15) is 19.8 Å². The first-order valence-corrected chi connectivity index (χ1v) is 5.60. The highest BCUT2D eigenvalue weighted by atomic mass is 16.5. The van der Waals surface area contributed by atoms with E-state index >= 15 is 0 Å². The third-order valence-electron chi connectivity index (χ3n) is 3.15. The van der Waals surface area contributed by atoms with E-state index in [1.165, 1.54) is 0 Å². The Kier molecular flexibility index (Phi) is 3.23. The number of amides is 1. The van der Waals surface area contributed by atoms with Gasteiger partial charge < -0.3 is 9.64 Å². The molecule has 0 aliphatic carbocycles. The molecule has 2 saturated heterocycles. The molecule has 0 bridgehead atoms. The van der Waals surface area contributed by atoms with Gasteiger partial charge in [-0.05, 0) is 19.8 Å². The van der Waals surface area contributed by atoms with Crippen molar-refractivity contribution >= 4 is 5.91 Å². The number of carbonyl (C=O) groups excluding carboxylic acids is 1. The standard InChI is InChI=1S/C10H19N3O2/c1-8-7-12(11)4-5-13(8)10(14)9-3-2-6-15-9/h8-9H,2-7,11H2,1H3/t8-,9-/m0/s1. The normalized spacial score (nSPS) is 33.3. The lowest BCUT2D eigenvalue weighted by Crippen LogP contribution is -2.57. The van der Waals surface area contributed by atoms with Gasteiger partial charge in [-0.1, -0.05) is 0 Å². The van der Waals surface area contributed by atoms with E-state index in [0.717, 1.165) is 39.1 Å². The van der Waals surface area contributed by atoms with Crippen LogP contribution < -0.4 is 5.84 Å². The second-order valence-electron chi connectivity index (χ2n) is 4.38. The number of hydrogen-bond acceptors (Lipinski definition) is 4. The average Bonchev–Trinajstić information content (AvgIpc) is 2.69. The Morgan fingerprint density at radius 1 is 1.47 bits per heavy atom. The van der Waals surface area contributed by atoms with Crippen LogP contribution in [0.5, 0.6) is 0 Å². The first-order chi connectivity index (χ1) is 7.18. The summed E-state index contributed by atoms with van der Waals surface area (Å²) in [5, 5.41) is 1.77. The Hall–Kier alpha value is -0.650. The molecule has 5 heteroatoms. The predicted octanol–water partition coefficient (Wildman–Crippen LogP) is -0.428. The molecule has 2 heterocycles. The van der Waals surface area contributed by atoms with Gasteiger partial charge in [-0.2, -0.15) is 0 Å². The molecule has 1 amide bonds. The molecule has 0 saturated carbocycles. The van der Waals surface area contributed by atoms with Crippen LogP contribution in [-0.2, 0) is 9.53 Å². The largest absolute Gasteiger partial charge is 0.368 e.